The molecule has 0 unspecified atom stereocenters. The number of aliphatic carboxylic acids is 1. The van der Waals surface area contributed by atoms with E-state index in [1.165, 1.54) is 0 Å². The first-order valence-electron chi connectivity index (χ1n) is 8.39. The van der Waals surface area contributed by atoms with Crippen molar-refractivity contribution in [3.63, 3.8) is 0 Å². The molecule has 0 aliphatic heterocycles. The molecular formula is C15H30N6O5. The molecule has 2 amide bonds. The van der Waals surface area contributed by atoms with Crippen molar-refractivity contribution in [2.45, 2.75) is 51.2 Å². The predicted octanol–water partition coefficient (Wildman–Crippen LogP) is -2.54. The normalized spacial score (nSPS) is 15.2. The van der Waals surface area contributed by atoms with Gasteiger partial charge in [0.2, 0.25) is 11.8 Å². The van der Waals surface area contributed by atoms with Gasteiger partial charge < -0.3 is 38.0 Å². The Kier molecular flexibility index (Phi) is 10.9. The van der Waals surface area contributed by atoms with Crippen molar-refractivity contribution < 1.29 is 24.6 Å². The number of carboxylic acids is 1. The molecule has 0 aromatic carbocycles. The van der Waals surface area contributed by atoms with Gasteiger partial charge in [0.1, 0.15) is 12.1 Å². The van der Waals surface area contributed by atoms with E-state index < -0.39 is 42.5 Å². The number of nitrogens with two attached hydrogens (primary N) is 3. The topological polar surface area (TPSA) is 206 Å². The summed E-state index contributed by atoms with van der Waals surface area (Å²) >= 11 is 0. The first-order valence-corrected chi connectivity index (χ1v) is 8.39. The Labute approximate surface area is 152 Å². The first-order chi connectivity index (χ1) is 12.1. The molecule has 4 atom stereocenters. The summed E-state index contributed by atoms with van der Waals surface area (Å²) in [4.78, 5) is 39.3. The van der Waals surface area contributed by atoms with Gasteiger partial charge in [-0.2, -0.15) is 0 Å². The lowest BCUT2D eigenvalue weighted by Gasteiger charge is -2.26. The SMILES string of the molecule is CC[C@H](C)[C@H](NC(=O)[C@@H](N)CCCN=C(N)N)C(=O)N[C@@H](CO)C(=O)O. The highest BCUT2D eigenvalue weighted by atomic mass is 16.4. The maximum absolute atomic E-state index is 12.3. The van der Waals surface area contributed by atoms with Gasteiger partial charge in [-0.1, -0.05) is 20.3 Å². The van der Waals surface area contributed by atoms with Crippen LogP contribution in [0.5, 0.6) is 0 Å². The third-order valence-electron chi connectivity index (χ3n) is 3.89. The van der Waals surface area contributed by atoms with E-state index in [2.05, 4.69) is 15.6 Å². The van der Waals surface area contributed by atoms with Gasteiger partial charge >= 0.3 is 5.97 Å². The zero-order chi connectivity index (χ0) is 20.3. The molecule has 150 valence electrons. The molecule has 0 aliphatic rings. The van der Waals surface area contributed by atoms with Crippen molar-refractivity contribution in [1.29, 1.82) is 0 Å². The highest BCUT2D eigenvalue weighted by Crippen LogP contribution is 2.09. The van der Waals surface area contributed by atoms with Crippen molar-refractivity contribution in [3.8, 4) is 0 Å². The predicted molar refractivity (Wildman–Crippen MR) is 95.9 cm³/mol. The van der Waals surface area contributed by atoms with E-state index >= 15 is 0 Å². The van der Waals surface area contributed by atoms with Crippen LogP contribution in [0.1, 0.15) is 33.1 Å². The second kappa shape index (κ2) is 12.0. The fourth-order valence-electron chi connectivity index (χ4n) is 2.06. The average Bonchev–Trinajstić information content (AvgIpc) is 2.59. The zero-order valence-corrected chi connectivity index (χ0v) is 15.1. The van der Waals surface area contributed by atoms with E-state index in [0.29, 0.717) is 25.8 Å². The summed E-state index contributed by atoms with van der Waals surface area (Å²) in [6.45, 7) is 3.14. The number of amides is 2. The molecule has 0 saturated heterocycles. The van der Waals surface area contributed by atoms with E-state index in [1.807, 2.05) is 6.92 Å². The quantitative estimate of drug-likeness (QED) is 0.110. The van der Waals surface area contributed by atoms with Crippen molar-refractivity contribution >= 4 is 23.7 Å². The Bertz CT molecular complexity index is 509. The molecule has 0 saturated carbocycles. The third-order valence-corrected chi connectivity index (χ3v) is 3.89. The second-order valence-electron chi connectivity index (χ2n) is 6.01. The fraction of sp³-hybridized carbons (Fsp3) is 0.733. The number of carbonyl (C=O) groups excluding carboxylic acids is 2. The molecular weight excluding hydrogens is 344 g/mol. The van der Waals surface area contributed by atoms with Gasteiger partial charge in [-0.05, 0) is 18.8 Å². The van der Waals surface area contributed by atoms with Crippen LogP contribution in [0.25, 0.3) is 0 Å². The van der Waals surface area contributed by atoms with Gasteiger partial charge in [0, 0.05) is 6.54 Å². The van der Waals surface area contributed by atoms with Crippen molar-refractivity contribution in [2.75, 3.05) is 13.2 Å². The Morgan fingerprint density at radius 2 is 1.77 bits per heavy atom. The monoisotopic (exact) mass is 374 g/mol. The van der Waals surface area contributed by atoms with Gasteiger partial charge in [-0.25, -0.2) is 4.79 Å². The van der Waals surface area contributed by atoms with Crippen molar-refractivity contribution in [3.05, 3.63) is 0 Å². The van der Waals surface area contributed by atoms with E-state index in [0.717, 1.165) is 0 Å². The summed E-state index contributed by atoms with van der Waals surface area (Å²) in [5, 5.41) is 22.7. The lowest BCUT2D eigenvalue weighted by Crippen LogP contribution is -2.57. The maximum atomic E-state index is 12.3. The lowest BCUT2D eigenvalue weighted by atomic mass is 9.97. The van der Waals surface area contributed by atoms with E-state index in [1.54, 1.807) is 6.92 Å². The van der Waals surface area contributed by atoms with E-state index in [9.17, 15) is 14.4 Å². The molecule has 11 heteroatoms. The van der Waals surface area contributed by atoms with Gasteiger partial charge in [0.15, 0.2) is 5.96 Å². The fourth-order valence-corrected chi connectivity index (χ4v) is 2.06. The third kappa shape index (κ3) is 8.62. The molecule has 0 bridgehead atoms. The van der Waals surface area contributed by atoms with Crippen LogP contribution in [0.15, 0.2) is 4.99 Å². The highest BCUT2D eigenvalue weighted by Gasteiger charge is 2.30. The van der Waals surface area contributed by atoms with Crippen molar-refractivity contribution in [2.24, 2.45) is 28.1 Å². The molecule has 0 radical (unpaired) electrons. The number of hydrogen-bond acceptors (Lipinski definition) is 6. The number of rotatable bonds is 12. The maximum Gasteiger partial charge on any atom is 0.328 e. The number of aliphatic hydroxyl groups is 1. The Balaban J connectivity index is 4.83. The molecule has 11 nitrogen and oxygen atoms in total. The molecule has 0 spiro atoms. The van der Waals surface area contributed by atoms with Crippen LogP contribution >= 0.6 is 0 Å². The molecule has 0 rings (SSSR count). The summed E-state index contributed by atoms with van der Waals surface area (Å²) in [6, 6.07) is -3.28. The minimum absolute atomic E-state index is 0.0478. The van der Waals surface area contributed by atoms with E-state index in [4.69, 9.17) is 27.4 Å². The van der Waals surface area contributed by atoms with Crippen molar-refractivity contribution in [1.82, 2.24) is 10.6 Å². The zero-order valence-electron chi connectivity index (χ0n) is 15.1. The van der Waals surface area contributed by atoms with Crippen LogP contribution < -0.4 is 27.8 Å². The van der Waals surface area contributed by atoms with Crippen LogP contribution in [0.4, 0.5) is 0 Å². The average molecular weight is 374 g/mol. The van der Waals surface area contributed by atoms with Gasteiger partial charge in [-0.15, -0.1) is 0 Å². The van der Waals surface area contributed by atoms with Crippen LogP contribution in [0.2, 0.25) is 0 Å². The van der Waals surface area contributed by atoms with Crippen LogP contribution in [-0.4, -0.2) is 65.2 Å². The minimum Gasteiger partial charge on any atom is -0.480 e. The lowest BCUT2D eigenvalue weighted by molar-refractivity contribution is -0.143. The largest absolute Gasteiger partial charge is 0.480 e. The standard InChI is InChI=1S/C15H30N6O5/c1-3-8(2)11(13(24)20-10(7-22)14(25)26)21-12(23)9(16)5-4-6-19-15(17)18/h8-11,22H,3-7,16H2,1-2H3,(H,20,24)(H,21,23)(H,25,26)(H4,17,18,19)/t8-,9-,10-,11-/m0/s1. The summed E-state index contributed by atoms with van der Waals surface area (Å²) < 4.78 is 0. The van der Waals surface area contributed by atoms with Gasteiger partial charge in [-0.3, -0.25) is 14.6 Å². The number of guanidine groups is 1. The number of hydrogen-bond donors (Lipinski definition) is 7. The number of nitrogens with one attached hydrogen (secondary N) is 2. The number of carbonyl (C=O) groups is 3. The number of carboxylic acid groups (broad SMARTS) is 1. The first kappa shape index (κ1) is 23.6. The molecule has 0 heterocycles. The highest BCUT2D eigenvalue weighted by molar-refractivity contribution is 5.92. The number of aliphatic imine (C=N–C) groups is 1. The van der Waals surface area contributed by atoms with Gasteiger partial charge in [0.25, 0.3) is 0 Å². The summed E-state index contributed by atoms with van der Waals surface area (Å²) in [7, 11) is 0. The Morgan fingerprint density at radius 1 is 1.15 bits per heavy atom. The molecule has 0 aromatic heterocycles. The van der Waals surface area contributed by atoms with Gasteiger partial charge in [0.05, 0.1) is 12.6 Å². The number of nitrogens with zero attached hydrogens (tertiary/aromatic N) is 1. The second-order valence-corrected chi connectivity index (χ2v) is 6.01. The van der Waals surface area contributed by atoms with Crippen LogP contribution in [0.3, 0.4) is 0 Å². The van der Waals surface area contributed by atoms with E-state index in [-0.39, 0.29) is 11.9 Å². The minimum atomic E-state index is -1.45. The molecule has 0 aromatic rings. The molecule has 10 N–H and O–H groups in total. The smallest absolute Gasteiger partial charge is 0.328 e. The van der Waals surface area contributed by atoms with Crippen LogP contribution in [-0.2, 0) is 14.4 Å². The molecule has 26 heavy (non-hydrogen) atoms. The summed E-state index contributed by atoms with van der Waals surface area (Å²) in [5.74, 6) is -2.91. The van der Waals surface area contributed by atoms with Crippen LogP contribution in [0, 0.1) is 5.92 Å². The summed E-state index contributed by atoms with van der Waals surface area (Å²) in [5.41, 5.74) is 16.2. The summed E-state index contributed by atoms with van der Waals surface area (Å²) in [6.07, 6.45) is 1.36. The molecule has 0 aliphatic carbocycles. The number of aliphatic hydroxyl groups excluding tert-OH is 1. The Morgan fingerprint density at radius 3 is 2.23 bits per heavy atom. The Hall–Kier alpha value is -2.40. The molecule has 0 fully saturated rings.